The summed E-state index contributed by atoms with van der Waals surface area (Å²) in [7, 11) is 1.17. The zero-order valence-corrected chi connectivity index (χ0v) is 13.0. The fraction of sp³-hybridized carbons (Fsp3) is 0.769. The molecule has 0 aromatic rings. The van der Waals surface area contributed by atoms with Crippen molar-refractivity contribution in [2.75, 3.05) is 13.7 Å². The molecule has 0 radical (unpaired) electrons. The van der Waals surface area contributed by atoms with Crippen LogP contribution in [0.4, 0.5) is 0 Å². The van der Waals surface area contributed by atoms with Crippen molar-refractivity contribution in [2.45, 2.75) is 45.3 Å². The van der Waals surface area contributed by atoms with E-state index >= 15 is 0 Å². The molecule has 0 saturated heterocycles. The zero-order valence-electron chi connectivity index (χ0n) is 13.0. The number of esters is 1. The van der Waals surface area contributed by atoms with Gasteiger partial charge < -0.3 is 30.9 Å². The number of hydrogen-bond acceptors (Lipinski definition) is 7. The van der Waals surface area contributed by atoms with Gasteiger partial charge in [-0.2, -0.15) is 0 Å². The molecule has 0 fully saturated rings. The van der Waals surface area contributed by atoms with Gasteiger partial charge in [0.25, 0.3) is 0 Å². The van der Waals surface area contributed by atoms with Gasteiger partial charge in [-0.1, -0.05) is 13.8 Å². The van der Waals surface area contributed by atoms with Gasteiger partial charge in [0.15, 0.2) is 6.10 Å². The van der Waals surface area contributed by atoms with Crippen LogP contribution in [0.5, 0.6) is 0 Å². The van der Waals surface area contributed by atoms with E-state index in [0.29, 0.717) is 0 Å². The van der Waals surface area contributed by atoms with Crippen molar-refractivity contribution >= 4 is 17.9 Å². The summed E-state index contributed by atoms with van der Waals surface area (Å²) < 4.78 is 4.23. The fourth-order valence-corrected chi connectivity index (χ4v) is 1.13. The van der Waals surface area contributed by atoms with Crippen molar-refractivity contribution < 1.29 is 39.5 Å². The molecular weight excluding hydrogens is 298 g/mol. The number of carboxylic acid groups (broad SMARTS) is 2. The van der Waals surface area contributed by atoms with Crippen LogP contribution in [0.25, 0.3) is 0 Å². The second-order valence-electron chi connectivity index (χ2n) is 5.29. The molecule has 6 N–H and O–H groups in total. The van der Waals surface area contributed by atoms with Crippen LogP contribution < -0.4 is 5.73 Å². The first-order valence-electron chi connectivity index (χ1n) is 6.56. The average Bonchev–Trinajstić information content (AvgIpc) is 2.45. The molecule has 2 atom stereocenters. The van der Waals surface area contributed by atoms with Crippen LogP contribution in [0.3, 0.4) is 0 Å². The Kier molecular flexibility index (Phi) is 11.2. The Morgan fingerprint density at radius 3 is 2.00 bits per heavy atom. The molecule has 9 heteroatoms. The number of aliphatic carboxylic acids is 2. The second kappa shape index (κ2) is 10.9. The lowest BCUT2D eigenvalue weighted by Crippen LogP contribution is -2.45. The van der Waals surface area contributed by atoms with E-state index in [4.69, 9.17) is 26.2 Å². The number of aliphatic hydroxyl groups is 2. The number of carbonyl (C=O) groups excluding carboxylic acids is 1. The minimum Gasteiger partial charge on any atom is -0.481 e. The summed E-state index contributed by atoms with van der Waals surface area (Å²) >= 11 is 0. The Morgan fingerprint density at radius 1 is 1.23 bits per heavy atom. The van der Waals surface area contributed by atoms with E-state index in [-0.39, 0.29) is 25.9 Å². The molecule has 0 aromatic heterocycles. The van der Waals surface area contributed by atoms with Gasteiger partial charge >= 0.3 is 17.9 Å². The first kappa shape index (κ1) is 22.6. The highest BCUT2D eigenvalue weighted by Gasteiger charge is 2.30. The molecule has 0 rings (SSSR count). The summed E-state index contributed by atoms with van der Waals surface area (Å²) in [6.45, 7) is 2.98. The van der Waals surface area contributed by atoms with Crippen molar-refractivity contribution in [1.82, 2.24) is 0 Å². The third kappa shape index (κ3) is 10.1. The van der Waals surface area contributed by atoms with Crippen molar-refractivity contribution in [1.29, 1.82) is 0 Å². The van der Waals surface area contributed by atoms with Gasteiger partial charge in [-0.15, -0.1) is 0 Å². The van der Waals surface area contributed by atoms with Crippen LogP contribution in [0.2, 0.25) is 0 Å². The molecule has 2 unspecified atom stereocenters. The van der Waals surface area contributed by atoms with Crippen LogP contribution >= 0.6 is 0 Å². The number of rotatable bonds is 8. The van der Waals surface area contributed by atoms with E-state index in [1.807, 2.05) is 0 Å². The van der Waals surface area contributed by atoms with Crippen molar-refractivity contribution in [3.05, 3.63) is 0 Å². The number of methoxy groups -OCH3 is 1. The van der Waals surface area contributed by atoms with Gasteiger partial charge in [0, 0.05) is 11.8 Å². The van der Waals surface area contributed by atoms with Crippen molar-refractivity contribution in [3.8, 4) is 0 Å². The highest BCUT2D eigenvalue weighted by Crippen LogP contribution is 2.17. The third-order valence-electron chi connectivity index (χ3n) is 2.86. The molecule has 0 amide bonds. The maximum atomic E-state index is 10.6. The summed E-state index contributed by atoms with van der Waals surface area (Å²) in [5.41, 5.74) is 4.50. The number of hydrogen-bond donors (Lipinski definition) is 5. The van der Waals surface area contributed by atoms with Gasteiger partial charge in [0.05, 0.1) is 13.7 Å². The molecule has 0 aromatic carbocycles. The van der Waals surface area contributed by atoms with Crippen LogP contribution in [0.15, 0.2) is 0 Å². The maximum absolute atomic E-state index is 10.6. The molecule has 0 spiro atoms. The van der Waals surface area contributed by atoms with Gasteiger partial charge in [0.1, 0.15) is 6.04 Å². The Balaban J connectivity index is 0. The number of carboxylic acids is 2. The zero-order chi connectivity index (χ0) is 17.9. The fourth-order valence-electron chi connectivity index (χ4n) is 1.13. The summed E-state index contributed by atoms with van der Waals surface area (Å²) in [4.78, 5) is 30.9. The molecule has 0 aliphatic rings. The topological polar surface area (TPSA) is 167 Å². The summed E-state index contributed by atoms with van der Waals surface area (Å²) in [5, 5.41) is 34.3. The number of ether oxygens (including phenoxy) is 1. The normalized spacial score (nSPS) is 13.4. The standard InChI is InChI=1S/C7H12O5.C6H13NO3/c1-12-7(11)5(8)3-2-4-6(9)10;1-6(2,3-8)4(7)5(9)10/h5,8H,2-4H2,1H3,(H,9,10);4,8H,3,7H2,1-2H3,(H,9,10). The summed E-state index contributed by atoms with van der Waals surface area (Å²) in [6.07, 6.45) is -0.854. The summed E-state index contributed by atoms with van der Waals surface area (Å²) in [6, 6.07) is -1.00. The van der Waals surface area contributed by atoms with E-state index in [2.05, 4.69) is 4.74 Å². The van der Waals surface area contributed by atoms with Crippen LogP contribution in [-0.4, -0.2) is 64.2 Å². The molecule has 0 aliphatic carbocycles. The number of aliphatic hydroxyl groups excluding tert-OH is 2. The van der Waals surface area contributed by atoms with E-state index < -0.39 is 35.5 Å². The molecule has 0 aliphatic heterocycles. The largest absolute Gasteiger partial charge is 0.481 e. The van der Waals surface area contributed by atoms with E-state index in [1.165, 1.54) is 7.11 Å². The second-order valence-corrected chi connectivity index (χ2v) is 5.29. The molecule has 0 saturated carbocycles. The van der Waals surface area contributed by atoms with Crippen LogP contribution in [0.1, 0.15) is 33.1 Å². The molecular formula is C13H25NO8. The molecule has 0 heterocycles. The maximum Gasteiger partial charge on any atom is 0.334 e. The predicted octanol–water partition coefficient (Wildman–Crippen LogP) is -0.808. The van der Waals surface area contributed by atoms with Crippen molar-refractivity contribution in [2.24, 2.45) is 11.1 Å². The Morgan fingerprint density at radius 2 is 1.73 bits per heavy atom. The van der Waals surface area contributed by atoms with E-state index in [9.17, 15) is 14.4 Å². The van der Waals surface area contributed by atoms with Crippen LogP contribution in [0, 0.1) is 5.41 Å². The smallest absolute Gasteiger partial charge is 0.334 e. The number of nitrogens with two attached hydrogens (primary N) is 1. The highest BCUT2D eigenvalue weighted by molar-refractivity contribution is 5.74. The average molecular weight is 323 g/mol. The first-order chi connectivity index (χ1) is 9.99. The van der Waals surface area contributed by atoms with E-state index in [0.717, 1.165) is 0 Å². The number of carbonyl (C=O) groups is 3. The van der Waals surface area contributed by atoms with Gasteiger partial charge in [-0.05, 0) is 12.8 Å². The van der Waals surface area contributed by atoms with Crippen molar-refractivity contribution in [3.63, 3.8) is 0 Å². The predicted molar refractivity (Wildman–Crippen MR) is 76.0 cm³/mol. The van der Waals surface area contributed by atoms with Gasteiger partial charge in [-0.25, -0.2) is 4.79 Å². The van der Waals surface area contributed by atoms with E-state index in [1.54, 1.807) is 13.8 Å². The monoisotopic (exact) mass is 323 g/mol. The lowest BCUT2D eigenvalue weighted by atomic mass is 9.86. The Labute approximate surface area is 128 Å². The molecule has 0 bridgehead atoms. The quantitative estimate of drug-likeness (QED) is 0.359. The summed E-state index contributed by atoms with van der Waals surface area (Å²) in [5.74, 6) is -2.74. The SMILES string of the molecule is CC(C)(CO)C(N)C(=O)O.COC(=O)C(O)CCCC(=O)O. The highest BCUT2D eigenvalue weighted by atomic mass is 16.5. The third-order valence-corrected chi connectivity index (χ3v) is 2.86. The minimum atomic E-state index is -1.20. The lowest BCUT2D eigenvalue weighted by molar-refractivity contribution is -0.151. The van der Waals surface area contributed by atoms with Crippen LogP contribution in [-0.2, 0) is 19.1 Å². The van der Waals surface area contributed by atoms with Gasteiger partial charge in [0.2, 0.25) is 0 Å². The molecule has 22 heavy (non-hydrogen) atoms. The Bertz CT molecular complexity index is 369. The minimum absolute atomic E-state index is 0.0476. The molecule has 9 nitrogen and oxygen atoms in total. The Hall–Kier alpha value is -1.71. The first-order valence-corrected chi connectivity index (χ1v) is 6.56. The van der Waals surface area contributed by atoms with Gasteiger partial charge in [-0.3, -0.25) is 9.59 Å². The lowest BCUT2D eigenvalue weighted by Gasteiger charge is -2.25. The molecule has 130 valence electrons.